The summed E-state index contributed by atoms with van der Waals surface area (Å²) in [6, 6.07) is 59.1. The van der Waals surface area contributed by atoms with E-state index in [1.54, 1.807) is 30.3 Å². The average Bonchev–Trinajstić information content (AvgIpc) is 1.81. The highest BCUT2D eigenvalue weighted by molar-refractivity contribution is 6.07. The third-order valence-electron chi connectivity index (χ3n) is 17.5. The number of nitrogens with one attached hydrogen (secondary N) is 4. The molecule has 0 saturated heterocycles. The van der Waals surface area contributed by atoms with Crippen molar-refractivity contribution >= 4 is 51.4 Å². The van der Waals surface area contributed by atoms with Gasteiger partial charge < -0.3 is 44.3 Å². The van der Waals surface area contributed by atoms with E-state index >= 15 is 0 Å². The molecule has 16 heteroatoms. The molecule has 2 aromatic heterocycles. The number of H-pyrrole nitrogens is 2. The van der Waals surface area contributed by atoms with Gasteiger partial charge in [0.2, 0.25) is 0 Å². The van der Waals surface area contributed by atoms with Crippen molar-refractivity contribution in [3.8, 4) is 17.2 Å². The van der Waals surface area contributed by atoms with E-state index in [9.17, 15) is 24.0 Å². The van der Waals surface area contributed by atoms with Gasteiger partial charge in [-0.05, 0) is 117 Å². The molecule has 0 saturated carbocycles. The highest BCUT2D eigenvalue weighted by Gasteiger charge is 2.38. The number of para-hydroxylation sites is 3. The van der Waals surface area contributed by atoms with Gasteiger partial charge in [-0.3, -0.25) is 24.2 Å². The molecule has 6 aliphatic heterocycles. The monoisotopic (exact) mass is 1180 g/mol. The Morgan fingerprint density at radius 1 is 0.483 bits per heavy atom. The fraction of sp³-hybridized carbons (Fsp3) is 0.219. The Labute approximate surface area is 513 Å². The molecule has 3 amide bonds. The molecule has 0 spiro atoms. The summed E-state index contributed by atoms with van der Waals surface area (Å²) >= 11 is 0. The Morgan fingerprint density at radius 2 is 0.978 bits per heavy atom. The van der Waals surface area contributed by atoms with Gasteiger partial charge in [0, 0.05) is 89.6 Å². The number of Topliss-reactive ketones (excluding diaryl/α,β-unsaturated/α-hetero) is 1. The fourth-order valence-corrected chi connectivity index (χ4v) is 13.0. The lowest BCUT2D eigenvalue weighted by Gasteiger charge is -2.35. The molecule has 8 heterocycles. The minimum Gasteiger partial charge on any atom is -0.493 e. The second-order valence-electron chi connectivity index (χ2n) is 22.9. The first-order valence-corrected chi connectivity index (χ1v) is 30.3. The molecule has 0 bridgehead atoms. The lowest BCUT2D eigenvalue weighted by atomic mass is 9.91. The number of carbonyl (C=O) groups is 4. The molecule has 10 aromatic rings. The van der Waals surface area contributed by atoms with Crippen LogP contribution < -0.4 is 30.3 Å². The van der Waals surface area contributed by atoms with Gasteiger partial charge in [0.25, 0.3) is 5.91 Å². The van der Waals surface area contributed by atoms with Gasteiger partial charge in [-0.25, -0.2) is 9.59 Å². The number of aromatic nitrogens is 2. The summed E-state index contributed by atoms with van der Waals surface area (Å²) in [5.74, 6) is 2.15. The summed E-state index contributed by atoms with van der Waals surface area (Å²) in [5.41, 5.74) is 15.4. The van der Waals surface area contributed by atoms with E-state index in [-0.39, 0.29) is 55.6 Å². The number of hydrogen-bond acceptors (Lipinski definition) is 11. The van der Waals surface area contributed by atoms with Crippen molar-refractivity contribution in [2.45, 2.75) is 70.0 Å². The summed E-state index contributed by atoms with van der Waals surface area (Å²) in [7, 11) is 0. The van der Waals surface area contributed by atoms with E-state index in [2.05, 4.69) is 63.1 Å². The van der Waals surface area contributed by atoms with Crippen molar-refractivity contribution in [3.63, 3.8) is 0 Å². The number of benzene rings is 8. The molecule has 0 fully saturated rings. The number of pyridine rings is 1. The zero-order chi connectivity index (χ0) is 60.4. The SMILES string of the molecule is O=C(OCc1ccccc1)N1CCc2c([nH]c3ccccc23)[C@H]1c1ccc2c(c1)CCO2.O=C1CCN(C(=O)OCc2ccccc2)[C@H](c2ccc3c(c2)CCO3)C(=O)Nc2ccccc21.O=c1c2c([nH]c3ccccc13)[C@@H](c1ccc3c(c1)CCO3)NC2. The van der Waals surface area contributed by atoms with Crippen LogP contribution >= 0.6 is 0 Å². The van der Waals surface area contributed by atoms with Gasteiger partial charge in [-0.15, -0.1) is 0 Å². The van der Waals surface area contributed by atoms with Crippen LogP contribution in [-0.4, -0.2) is 76.6 Å². The second kappa shape index (κ2) is 24.7. The second-order valence-corrected chi connectivity index (χ2v) is 22.9. The first kappa shape index (κ1) is 56.4. The standard InChI is InChI=1S/C27H24N2O5.C27H24N2O3.C19H16N2O2/c30-23-12-14-29(27(32)34-17-18-6-2-1-3-7-18)25(20-10-11-24-19(16-20)13-15-33-24)26(31)28-22-9-5-4-8-21(22)23;30-27(32-17-18-6-2-1-3-7-18)29-14-12-22-21-8-4-5-9-23(21)28-25(22)26(29)20-10-11-24-19(16-20)13-15-31-24;22-19-13-3-1-2-4-15(13)21-18-14(19)10-20-17(18)12-5-6-16-11(9-12)7-8-23-16/h1-11,16,25H,12-15,17H2,(H,28,31);1-11,16,26,28H,12-15,17H2;1-6,9,17,20H,7-8,10H2,(H,21,22)/t25-;26-;17-/m111/s1. The van der Waals surface area contributed by atoms with E-state index in [0.717, 1.165) is 105 Å². The zero-order valence-electron chi connectivity index (χ0n) is 48.8. The van der Waals surface area contributed by atoms with E-state index in [1.807, 2.05) is 120 Å². The summed E-state index contributed by atoms with van der Waals surface area (Å²) < 4.78 is 28.2. The van der Waals surface area contributed by atoms with Gasteiger partial charge >= 0.3 is 12.2 Å². The minimum absolute atomic E-state index is 0.0354. The number of aromatic amines is 2. The van der Waals surface area contributed by atoms with E-state index in [0.29, 0.717) is 43.1 Å². The van der Waals surface area contributed by atoms with Gasteiger partial charge in [0.15, 0.2) is 11.2 Å². The number of carbonyl (C=O) groups excluding carboxylic acids is 4. The summed E-state index contributed by atoms with van der Waals surface area (Å²) in [6.07, 6.45) is 2.50. The van der Waals surface area contributed by atoms with Crippen molar-refractivity contribution in [1.29, 1.82) is 0 Å². The molecule has 16 nitrogen and oxygen atoms in total. The molecule has 8 aromatic carbocycles. The first-order valence-electron chi connectivity index (χ1n) is 30.3. The molecule has 3 atom stereocenters. The smallest absolute Gasteiger partial charge is 0.411 e. The van der Waals surface area contributed by atoms with Crippen LogP contribution in [0.2, 0.25) is 0 Å². The van der Waals surface area contributed by atoms with Crippen molar-refractivity contribution in [3.05, 3.63) is 271 Å². The number of ether oxygens (including phenoxy) is 5. The Morgan fingerprint density at radius 3 is 1.61 bits per heavy atom. The Hall–Kier alpha value is -10.5. The third kappa shape index (κ3) is 11.5. The maximum atomic E-state index is 13.6. The molecule has 4 N–H and O–H groups in total. The molecule has 89 heavy (non-hydrogen) atoms. The van der Waals surface area contributed by atoms with Crippen LogP contribution in [0, 0.1) is 0 Å². The Balaban J connectivity index is 0.000000119. The molecular weight excluding hydrogens is 1120 g/mol. The number of anilines is 1. The van der Waals surface area contributed by atoms with Crippen molar-refractivity contribution in [1.82, 2.24) is 25.1 Å². The number of hydrogen-bond donors (Lipinski definition) is 4. The quantitative estimate of drug-likeness (QED) is 0.119. The van der Waals surface area contributed by atoms with Gasteiger partial charge in [-0.1, -0.05) is 127 Å². The van der Waals surface area contributed by atoms with Crippen LogP contribution in [0.3, 0.4) is 0 Å². The molecule has 6 aliphatic rings. The number of fused-ring (bicyclic) bond motifs is 9. The molecular formula is C73H64N6O10. The van der Waals surface area contributed by atoms with Crippen molar-refractivity contribution in [2.75, 3.05) is 38.2 Å². The largest absolute Gasteiger partial charge is 0.493 e. The highest BCUT2D eigenvalue weighted by atomic mass is 16.6. The normalized spacial score (nSPS) is 17.6. The topological polar surface area (TPSA) is 194 Å². The predicted molar refractivity (Wildman–Crippen MR) is 337 cm³/mol. The molecule has 0 aliphatic carbocycles. The van der Waals surface area contributed by atoms with Crippen LogP contribution in [0.5, 0.6) is 17.2 Å². The third-order valence-corrected chi connectivity index (χ3v) is 17.5. The van der Waals surface area contributed by atoms with E-state index in [1.165, 1.54) is 32.5 Å². The zero-order valence-corrected chi connectivity index (χ0v) is 48.8. The van der Waals surface area contributed by atoms with Crippen molar-refractivity contribution in [2.24, 2.45) is 0 Å². The van der Waals surface area contributed by atoms with Gasteiger partial charge in [0.05, 0.1) is 31.5 Å². The van der Waals surface area contributed by atoms with E-state index in [4.69, 9.17) is 23.7 Å². The number of rotatable bonds is 7. The molecule has 0 radical (unpaired) electrons. The number of ketones is 1. The molecule has 446 valence electrons. The molecule has 0 unspecified atom stereocenters. The average molecular weight is 1190 g/mol. The van der Waals surface area contributed by atoms with Crippen LogP contribution in [0.15, 0.2) is 193 Å². The summed E-state index contributed by atoms with van der Waals surface area (Å²) in [5, 5.41) is 8.33. The summed E-state index contributed by atoms with van der Waals surface area (Å²) in [4.78, 5) is 76.0. The number of amides is 3. The summed E-state index contributed by atoms with van der Waals surface area (Å²) in [6.45, 7) is 3.65. The minimum atomic E-state index is -0.965. The predicted octanol–water partition coefficient (Wildman–Crippen LogP) is 12.6. The van der Waals surface area contributed by atoms with Gasteiger partial charge in [-0.2, -0.15) is 0 Å². The Bertz CT molecular complexity index is 4410. The Kier molecular flexibility index (Phi) is 15.7. The van der Waals surface area contributed by atoms with Crippen LogP contribution in [0.25, 0.3) is 21.8 Å². The lowest BCUT2D eigenvalue weighted by molar-refractivity contribution is -0.121. The number of nitrogens with zero attached hydrogens (tertiary/aromatic N) is 2. The first-order chi connectivity index (χ1) is 43.7. The van der Waals surface area contributed by atoms with Crippen LogP contribution in [0.1, 0.15) is 102 Å². The van der Waals surface area contributed by atoms with E-state index < -0.39 is 18.0 Å². The van der Waals surface area contributed by atoms with Gasteiger partial charge in [0.1, 0.15) is 42.5 Å². The lowest BCUT2D eigenvalue weighted by Crippen LogP contribution is -2.42. The maximum absolute atomic E-state index is 13.6. The maximum Gasteiger partial charge on any atom is 0.411 e. The van der Waals surface area contributed by atoms with Crippen LogP contribution in [-0.2, 0) is 59.7 Å². The van der Waals surface area contributed by atoms with Crippen LogP contribution in [0.4, 0.5) is 15.3 Å². The fourth-order valence-electron chi connectivity index (χ4n) is 13.0. The molecule has 16 rings (SSSR count). The van der Waals surface area contributed by atoms with Crippen molar-refractivity contribution < 1.29 is 42.9 Å². The highest BCUT2D eigenvalue weighted by Crippen LogP contribution is 2.42.